The lowest BCUT2D eigenvalue weighted by molar-refractivity contribution is -0.118. The number of carbonyl (C=O) groups excluding carboxylic acids is 1. The van der Waals surface area contributed by atoms with E-state index < -0.39 is 0 Å². The lowest BCUT2D eigenvalue weighted by Gasteiger charge is -2.18. The summed E-state index contributed by atoms with van der Waals surface area (Å²) >= 11 is 1.53. The molecule has 0 saturated carbocycles. The van der Waals surface area contributed by atoms with Gasteiger partial charge in [0.1, 0.15) is 12.1 Å². The first-order chi connectivity index (χ1) is 14.1. The van der Waals surface area contributed by atoms with E-state index in [1.807, 2.05) is 30.3 Å². The molecule has 8 nitrogen and oxygen atoms in total. The summed E-state index contributed by atoms with van der Waals surface area (Å²) in [4.78, 5) is 25.9. The van der Waals surface area contributed by atoms with Crippen LogP contribution in [0.2, 0.25) is 0 Å². The second-order valence-electron chi connectivity index (χ2n) is 6.48. The van der Waals surface area contributed by atoms with Crippen LogP contribution < -0.4 is 21.5 Å². The van der Waals surface area contributed by atoms with Gasteiger partial charge in [0.2, 0.25) is 0 Å². The van der Waals surface area contributed by atoms with E-state index in [0.29, 0.717) is 29.9 Å². The number of nitrogens with two attached hydrogens (primary N) is 1. The van der Waals surface area contributed by atoms with Crippen LogP contribution in [0.3, 0.4) is 0 Å². The molecule has 1 aliphatic rings. The fourth-order valence-electron chi connectivity index (χ4n) is 2.95. The quantitative estimate of drug-likeness (QED) is 0.641. The third-order valence-electron chi connectivity index (χ3n) is 4.45. The average Bonchev–Trinajstić information content (AvgIpc) is 3.33. The monoisotopic (exact) mass is 415 g/mol. The van der Waals surface area contributed by atoms with E-state index in [9.17, 15) is 14.0 Å². The highest BCUT2D eigenvalue weighted by atomic mass is 32.1. The molecule has 1 amide bonds. The van der Waals surface area contributed by atoms with Crippen molar-refractivity contribution in [1.29, 1.82) is 0 Å². The van der Waals surface area contributed by atoms with Gasteiger partial charge >= 0.3 is 5.69 Å². The standard InChI is InChI=1S/C19H18FN5O3S/c20-6-12(7-21)8-25-19(27)24(11-22-25)9-14-2-4-17(29-14)13-1-3-16-15(5-13)23-18(26)10-28-16/h1-6,11H,7-10,21H2,(H,23,26)/b12-6+. The Hall–Kier alpha value is -3.24. The maximum Gasteiger partial charge on any atom is 0.346 e. The molecule has 0 saturated heterocycles. The molecular weight excluding hydrogens is 397 g/mol. The predicted octanol–water partition coefficient (Wildman–Crippen LogP) is 1.96. The largest absolute Gasteiger partial charge is 0.482 e. The zero-order chi connectivity index (χ0) is 20.4. The van der Waals surface area contributed by atoms with Crippen LogP contribution in [0.5, 0.6) is 5.75 Å². The molecule has 1 aliphatic heterocycles. The Balaban J connectivity index is 1.52. The summed E-state index contributed by atoms with van der Waals surface area (Å²) in [5.74, 6) is 0.460. The molecule has 3 aromatic rings. The van der Waals surface area contributed by atoms with Crippen molar-refractivity contribution in [2.24, 2.45) is 5.73 Å². The van der Waals surface area contributed by atoms with Crippen LogP contribution in [-0.4, -0.2) is 33.4 Å². The number of anilines is 1. The number of halogens is 1. The summed E-state index contributed by atoms with van der Waals surface area (Å²) in [5.41, 5.74) is 6.97. The fourth-order valence-corrected chi connectivity index (χ4v) is 3.95. The number of hydrogen-bond acceptors (Lipinski definition) is 6. The van der Waals surface area contributed by atoms with Gasteiger partial charge in [-0.15, -0.1) is 11.3 Å². The molecule has 0 fully saturated rings. The number of fused-ring (bicyclic) bond motifs is 1. The van der Waals surface area contributed by atoms with Crippen molar-refractivity contribution in [3.8, 4) is 16.2 Å². The van der Waals surface area contributed by atoms with E-state index in [0.717, 1.165) is 15.3 Å². The van der Waals surface area contributed by atoms with Crippen molar-refractivity contribution < 1.29 is 13.9 Å². The molecule has 0 radical (unpaired) electrons. The first-order valence-corrected chi connectivity index (χ1v) is 9.65. The van der Waals surface area contributed by atoms with Gasteiger partial charge in [-0.05, 0) is 41.5 Å². The van der Waals surface area contributed by atoms with Crippen LogP contribution >= 0.6 is 11.3 Å². The second-order valence-corrected chi connectivity index (χ2v) is 7.65. The van der Waals surface area contributed by atoms with Crippen LogP contribution in [-0.2, 0) is 17.9 Å². The zero-order valence-corrected chi connectivity index (χ0v) is 16.1. The van der Waals surface area contributed by atoms with Crippen molar-refractivity contribution in [2.75, 3.05) is 18.5 Å². The molecule has 0 unspecified atom stereocenters. The van der Waals surface area contributed by atoms with Gasteiger partial charge in [0.15, 0.2) is 6.61 Å². The van der Waals surface area contributed by atoms with Gasteiger partial charge in [0, 0.05) is 16.3 Å². The van der Waals surface area contributed by atoms with Gasteiger partial charge in [0.05, 0.1) is 25.1 Å². The van der Waals surface area contributed by atoms with E-state index in [1.165, 1.54) is 26.9 Å². The molecule has 0 atom stereocenters. The van der Waals surface area contributed by atoms with Gasteiger partial charge in [-0.2, -0.15) is 5.10 Å². The molecule has 3 heterocycles. The highest BCUT2D eigenvalue weighted by Gasteiger charge is 2.17. The number of amides is 1. The second kappa shape index (κ2) is 8.02. The van der Waals surface area contributed by atoms with Crippen molar-refractivity contribution in [3.05, 3.63) is 63.9 Å². The first kappa shape index (κ1) is 19.1. The van der Waals surface area contributed by atoms with E-state index in [-0.39, 0.29) is 31.3 Å². The van der Waals surface area contributed by atoms with E-state index in [1.54, 1.807) is 0 Å². The van der Waals surface area contributed by atoms with Crippen molar-refractivity contribution >= 4 is 22.9 Å². The SMILES string of the molecule is NC/C(=C\F)Cn1ncn(Cc2ccc(-c3ccc4c(c3)NC(=O)CO4)s2)c1=O. The molecule has 0 aliphatic carbocycles. The Morgan fingerprint density at radius 1 is 1.34 bits per heavy atom. The summed E-state index contributed by atoms with van der Waals surface area (Å²) in [6, 6.07) is 9.51. The number of nitrogens with one attached hydrogen (secondary N) is 1. The third-order valence-corrected chi connectivity index (χ3v) is 5.57. The number of ether oxygens (including phenoxy) is 1. The van der Waals surface area contributed by atoms with Gasteiger partial charge < -0.3 is 15.8 Å². The van der Waals surface area contributed by atoms with Crippen molar-refractivity contribution in [1.82, 2.24) is 14.3 Å². The Kier molecular flexibility index (Phi) is 5.28. The van der Waals surface area contributed by atoms with Crippen LogP contribution in [0.15, 0.2) is 53.4 Å². The molecular formula is C19H18FN5O3S. The first-order valence-electron chi connectivity index (χ1n) is 8.83. The smallest absolute Gasteiger partial charge is 0.346 e. The molecule has 150 valence electrons. The fraction of sp³-hybridized carbons (Fsp3) is 0.211. The summed E-state index contributed by atoms with van der Waals surface area (Å²) in [5, 5.41) is 6.82. The average molecular weight is 415 g/mol. The number of hydrogen-bond donors (Lipinski definition) is 2. The third kappa shape index (κ3) is 3.98. The van der Waals surface area contributed by atoms with E-state index in [4.69, 9.17) is 10.5 Å². The highest BCUT2D eigenvalue weighted by Crippen LogP contribution is 2.35. The van der Waals surface area contributed by atoms with E-state index in [2.05, 4.69) is 10.4 Å². The van der Waals surface area contributed by atoms with Gasteiger partial charge in [-0.25, -0.2) is 13.9 Å². The van der Waals surface area contributed by atoms with Crippen LogP contribution in [0.4, 0.5) is 10.1 Å². The summed E-state index contributed by atoms with van der Waals surface area (Å²) < 4.78 is 20.7. The molecule has 3 N–H and O–H groups in total. The molecule has 29 heavy (non-hydrogen) atoms. The van der Waals surface area contributed by atoms with Crippen LogP contribution in [0, 0.1) is 0 Å². The normalized spacial score (nSPS) is 13.7. The predicted molar refractivity (Wildman–Crippen MR) is 108 cm³/mol. The Labute approximate surface area is 169 Å². The summed E-state index contributed by atoms with van der Waals surface area (Å²) in [6.45, 7) is 0.422. The lowest BCUT2D eigenvalue weighted by Crippen LogP contribution is -2.26. The van der Waals surface area contributed by atoms with Gasteiger partial charge in [0.25, 0.3) is 5.91 Å². The zero-order valence-electron chi connectivity index (χ0n) is 15.3. The minimum absolute atomic E-state index is 0.0197. The number of aromatic nitrogens is 3. The number of carbonyl (C=O) groups is 1. The van der Waals surface area contributed by atoms with Gasteiger partial charge in [-0.3, -0.25) is 9.36 Å². The Morgan fingerprint density at radius 3 is 3.00 bits per heavy atom. The molecule has 0 bridgehead atoms. The Bertz CT molecular complexity index is 1150. The number of benzene rings is 1. The number of nitrogens with zero attached hydrogens (tertiary/aromatic N) is 3. The molecule has 0 spiro atoms. The minimum Gasteiger partial charge on any atom is -0.482 e. The van der Waals surface area contributed by atoms with Crippen molar-refractivity contribution in [3.63, 3.8) is 0 Å². The molecule has 4 rings (SSSR count). The molecule has 1 aromatic carbocycles. The maximum absolute atomic E-state index is 12.7. The number of thiophene rings is 1. The topological polar surface area (TPSA) is 104 Å². The summed E-state index contributed by atoms with van der Waals surface area (Å²) in [6.07, 6.45) is 1.84. The Morgan fingerprint density at radius 2 is 2.21 bits per heavy atom. The lowest BCUT2D eigenvalue weighted by atomic mass is 10.1. The highest BCUT2D eigenvalue weighted by molar-refractivity contribution is 7.15. The van der Waals surface area contributed by atoms with E-state index >= 15 is 0 Å². The van der Waals surface area contributed by atoms with Crippen molar-refractivity contribution in [2.45, 2.75) is 13.1 Å². The molecule has 10 heteroatoms. The summed E-state index contributed by atoms with van der Waals surface area (Å²) in [7, 11) is 0. The minimum atomic E-state index is -0.332. The van der Waals surface area contributed by atoms with Crippen LogP contribution in [0.25, 0.3) is 10.4 Å². The van der Waals surface area contributed by atoms with Gasteiger partial charge in [-0.1, -0.05) is 0 Å². The van der Waals surface area contributed by atoms with Crippen LogP contribution in [0.1, 0.15) is 4.88 Å². The maximum atomic E-state index is 12.7. The molecule has 2 aromatic heterocycles. The number of rotatable bonds is 6.